The van der Waals surface area contributed by atoms with Crippen LogP contribution in [0.25, 0.3) is 0 Å². The van der Waals surface area contributed by atoms with Gasteiger partial charge in [-0.3, -0.25) is 4.79 Å². The van der Waals surface area contributed by atoms with E-state index < -0.39 is 5.97 Å². The molecular weight excluding hydrogens is 278 g/mol. The summed E-state index contributed by atoms with van der Waals surface area (Å²) in [6.45, 7) is 5.56. The number of amides is 1. The summed E-state index contributed by atoms with van der Waals surface area (Å²) in [5.74, 6) is 0.257. The van der Waals surface area contributed by atoms with Crippen molar-refractivity contribution in [3.05, 3.63) is 45.0 Å². The molecular formula is C14H15NO4S. The first-order valence-electron chi connectivity index (χ1n) is 6.09. The maximum Gasteiger partial charge on any atom is 0.345 e. The lowest BCUT2D eigenvalue weighted by molar-refractivity contribution is 0.0702. The predicted octanol–water partition coefficient (Wildman–Crippen LogP) is 3.15. The molecule has 5 nitrogen and oxygen atoms in total. The molecule has 2 N–H and O–H groups in total. The van der Waals surface area contributed by atoms with Crippen LogP contribution in [0.5, 0.6) is 0 Å². The monoisotopic (exact) mass is 293 g/mol. The fourth-order valence-electron chi connectivity index (χ4n) is 2.00. The van der Waals surface area contributed by atoms with E-state index in [9.17, 15) is 9.59 Å². The molecule has 1 atom stereocenters. The maximum absolute atomic E-state index is 12.1. The zero-order chi connectivity index (χ0) is 14.9. The van der Waals surface area contributed by atoms with Crippen LogP contribution in [-0.4, -0.2) is 17.0 Å². The van der Waals surface area contributed by atoms with Gasteiger partial charge in [0.2, 0.25) is 0 Å². The predicted molar refractivity (Wildman–Crippen MR) is 75.3 cm³/mol. The molecule has 6 heteroatoms. The van der Waals surface area contributed by atoms with Crippen LogP contribution in [0.3, 0.4) is 0 Å². The number of nitrogens with one attached hydrogen (secondary N) is 1. The van der Waals surface area contributed by atoms with Gasteiger partial charge in [0.15, 0.2) is 0 Å². The Bertz CT molecular complexity index is 656. The van der Waals surface area contributed by atoms with E-state index in [4.69, 9.17) is 9.52 Å². The molecule has 106 valence electrons. The van der Waals surface area contributed by atoms with Crippen molar-refractivity contribution in [1.29, 1.82) is 0 Å². The number of hydrogen-bond donors (Lipinski definition) is 2. The van der Waals surface area contributed by atoms with E-state index in [0.29, 0.717) is 4.88 Å². The van der Waals surface area contributed by atoms with Gasteiger partial charge in [0.05, 0.1) is 10.9 Å². The molecule has 0 saturated carbocycles. The molecule has 0 saturated heterocycles. The van der Waals surface area contributed by atoms with Gasteiger partial charge in [-0.2, -0.15) is 0 Å². The number of carbonyl (C=O) groups is 2. The van der Waals surface area contributed by atoms with E-state index in [2.05, 4.69) is 5.32 Å². The summed E-state index contributed by atoms with van der Waals surface area (Å²) >= 11 is 0.961. The highest BCUT2D eigenvalue weighted by molar-refractivity contribution is 7.15. The number of aromatic carboxylic acids is 1. The van der Waals surface area contributed by atoms with Gasteiger partial charge in [-0.15, -0.1) is 11.3 Å². The lowest BCUT2D eigenvalue weighted by Gasteiger charge is -2.12. The summed E-state index contributed by atoms with van der Waals surface area (Å²) in [4.78, 5) is 23.4. The van der Waals surface area contributed by atoms with E-state index in [0.717, 1.165) is 28.4 Å². The Labute approximate surface area is 120 Å². The second-order valence-electron chi connectivity index (χ2n) is 4.53. The lowest BCUT2D eigenvalue weighted by atomic mass is 10.1. The van der Waals surface area contributed by atoms with Gasteiger partial charge in [0.25, 0.3) is 5.91 Å². The first-order valence-corrected chi connectivity index (χ1v) is 6.91. The Hall–Kier alpha value is -2.08. The molecule has 2 aromatic heterocycles. The standard InChI is InChI=1S/C14H15NO4S/c1-7-6-10(9(3)19-7)8(2)15-13(16)11-4-5-12(20-11)14(17)18/h4-6,8H,1-3H3,(H,15,16)(H,17,18). The molecule has 2 heterocycles. The quantitative estimate of drug-likeness (QED) is 0.907. The minimum absolute atomic E-state index is 0.151. The van der Waals surface area contributed by atoms with Crippen molar-refractivity contribution in [2.45, 2.75) is 26.8 Å². The second kappa shape index (κ2) is 5.50. The first kappa shape index (κ1) is 14.3. The van der Waals surface area contributed by atoms with Gasteiger partial charge in [-0.25, -0.2) is 4.79 Å². The highest BCUT2D eigenvalue weighted by atomic mass is 32.1. The largest absolute Gasteiger partial charge is 0.477 e. The average molecular weight is 293 g/mol. The van der Waals surface area contributed by atoms with E-state index in [1.807, 2.05) is 26.8 Å². The summed E-state index contributed by atoms with van der Waals surface area (Å²) in [5.41, 5.74) is 0.922. The van der Waals surface area contributed by atoms with Crippen LogP contribution in [0.15, 0.2) is 22.6 Å². The SMILES string of the molecule is Cc1cc(C(C)NC(=O)c2ccc(C(=O)O)s2)c(C)o1. The van der Waals surface area contributed by atoms with Crippen LogP contribution < -0.4 is 5.32 Å². The third-order valence-corrected chi connectivity index (χ3v) is 4.01. The van der Waals surface area contributed by atoms with Gasteiger partial charge < -0.3 is 14.8 Å². The molecule has 0 aliphatic carbocycles. The molecule has 0 fully saturated rings. The summed E-state index contributed by atoms with van der Waals surface area (Å²) in [7, 11) is 0. The Morgan fingerprint density at radius 3 is 2.45 bits per heavy atom. The summed E-state index contributed by atoms with van der Waals surface area (Å²) < 4.78 is 5.43. The smallest absolute Gasteiger partial charge is 0.345 e. The number of rotatable bonds is 4. The Morgan fingerprint density at radius 2 is 1.95 bits per heavy atom. The molecule has 1 unspecified atom stereocenters. The van der Waals surface area contributed by atoms with E-state index in [1.165, 1.54) is 12.1 Å². The van der Waals surface area contributed by atoms with Crippen molar-refractivity contribution in [3.8, 4) is 0 Å². The maximum atomic E-state index is 12.1. The Morgan fingerprint density at radius 1 is 1.30 bits per heavy atom. The fourth-order valence-corrected chi connectivity index (χ4v) is 2.75. The summed E-state index contributed by atoms with van der Waals surface area (Å²) in [6.07, 6.45) is 0. The van der Waals surface area contributed by atoms with Gasteiger partial charge in [-0.1, -0.05) is 0 Å². The molecule has 0 aliphatic heterocycles. The molecule has 0 radical (unpaired) electrons. The van der Waals surface area contributed by atoms with Crippen LogP contribution in [0.1, 0.15) is 49.4 Å². The minimum Gasteiger partial charge on any atom is -0.477 e. The zero-order valence-electron chi connectivity index (χ0n) is 11.4. The lowest BCUT2D eigenvalue weighted by Crippen LogP contribution is -2.26. The van der Waals surface area contributed by atoms with Gasteiger partial charge in [0, 0.05) is 5.56 Å². The van der Waals surface area contributed by atoms with Crippen LogP contribution in [0, 0.1) is 13.8 Å². The number of hydrogen-bond acceptors (Lipinski definition) is 4. The van der Waals surface area contributed by atoms with Crippen molar-refractivity contribution in [1.82, 2.24) is 5.32 Å². The van der Waals surface area contributed by atoms with Crippen LogP contribution in [-0.2, 0) is 0 Å². The number of carboxylic acid groups (broad SMARTS) is 1. The van der Waals surface area contributed by atoms with Crippen molar-refractivity contribution < 1.29 is 19.1 Å². The van der Waals surface area contributed by atoms with E-state index in [-0.39, 0.29) is 16.8 Å². The van der Waals surface area contributed by atoms with Crippen molar-refractivity contribution >= 4 is 23.2 Å². The molecule has 0 bridgehead atoms. The molecule has 2 aromatic rings. The number of aryl methyl sites for hydroxylation is 2. The highest BCUT2D eigenvalue weighted by Gasteiger charge is 2.18. The average Bonchev–Trinajstić information content (AvgIpc) is 2.95. The first-order chi connectivity index (χ1) is 9.38. The van der Waals surface area contributed by atoms with Crippen LogP contribution >= 0.6 is 11.3 Å². The van der Waals surface area contributed by atoms with Crippen molar-refractivity contribution in [2.24, 2.45) is 0 Å². The molecule has 0 spiro atoms. The molecule has 1 amide bonds. The second-order valence-corrected chi connectivity index (χ2v) is 5.62. The van der Waals surface area contributed by atoms with Crippen LogP contribution in [0.2, 0.25) is 0 Å². The summed E-state index contributed by atoms with van der Waals surface area (Å²) in [5, 5.41) is 11.7. The molecule has 20 heavy (non-hydrogen) atoms. The zero-order valence-corrected chi connectivity index (χ0v) is 12.2. The van der Waals surface area contributed by atoms with E-state index in [1.54, 1.807) is 0 Å². The number of carbonyl (C=O) groups excluding carboxylic acids is 1. The molecule has 2 rings (SSSR count). The fraction of sp³-hybridized carbons (Fsp3) is 0.286. The van der Waals surface area contributed by atoms with E-state index >= 15 is 0 Å². The third-order valence-electron chi connectivity index (χ3n) is 2.93. The minimum atomic E-state index is -1.02. The number of carboxylic acids is 1. The van der Waals surface area contributed by atoms with Crippen LogP contribution in [0.4, 0.5) is 0 Å². The molecule has 0 aliphatic rings. The normalized spacial score (nSPS) is 12.2. The van der Waals surface area contributed by atoms with Gasteiger partial charge in [-0.05, 0) is 39.0 Å². The highest BCUT2D eigenvalue weighted by Crippen LogP contribution is 2.22. The van der Waals surface area contributed by atoms with Gasteiger partial charge >= 0.3 is 5.97 Å². The van der Waals surface area contributed by atoms with Gasteiger partial charge in [0.1, 0.15) is 16.4 Å². The van der Waals surface area contributed by atoms with Crippen molar-refractivity contribution in [2.75, 3.05) is 0 Å². The Balaban J connectivity index is 2.10. The number of furan rings is 1. The summed E-state index contributed by atoms with van der Waals surface area (Å²) in [6, 6.07) is 4.64. The topological polar surface area (TPSA) is 79.5 Å². The van der Waals surface area contributed by atoms with Crippen molar-refractivity contribution in [3.63, 3.8) is 0 Å². The third kappa shape index (κ3) is 2.91. The number of thiophene rings is 1. The Kier molecular flexibility index (Phi) is 3.94. The molecule has 0 aromatic carbocycles.